The lowest BCUT2D eigenvalue weighted by Gasteiger charge is -2.37. The minimum atomic E-state index is -0.287. The number of carbonyl (C=O) groups excluding carboxylic acids is 1. The topological polar surface area (TPSA) is 47.6 Å². The van der Waals surface area contributed by atoms with Gasteiger partial charge in [0.2, 0.25) is 5.91 Å². The van der Waals surface area contributed by atoms with Crippen LogP contribution in [0.3, 0.4) is 0 Å². The fourth-order valence-electron chi connectivity index (χ4n) is 3.46. The molecule has 0 spiro atoms. The van der Waals surface area contributed by atoms with Crippen molar-refractivity contribution < 1.29 is 9.18 Å². The van der Waals surface area contributed by atoms with Crippen LogP contribution < -0.4 is 10.6 Å². The average molecular weight is 407 g/mol. The van der Waals surface area contributed by atoms with Gasteiger partial charge in [-0.1, -0.05) is 6.07 Å². The normalized spacial score (nSPS) is 20.9. The molecule has 1 unspecified atom stereocenters. The lowest BCUT2D eigenvalue weighted by Crippen LogP contribution is -2.51. The molecule has 5 nitrogen and oxygen atoms in total. The van der Waals surface area contributed by atoms with Crippen LogP contribution in [-0.2, 0) is 4.79 Å². The zero-order valence-electron chi connectivity index (χ0n) is 15.2. The van der Waals surface area contributed by atoms with Crippen LogP contribution in [0, 0.1) is 12.7 Å². The second kappa shape index (κ2) is 11.0. The quantitative estimate of drug-likeness (QED) is 0.787. The van der Waals surface area contributed by atoms with Crippen molar-refractivity contribution in [1.29, 1.82) is 0 Å². The molecule has 2 fully saturated rings. The molecule has 8 heteroatoms. The van der Waals surface area contributed by atoms with Crippen LogP contribution in [0.5, 0.6) is 0 Å². The van der Waals surface area contributed by atoms with Crippen LogP contribution in [0.25, 0.3) is 0 Å². The van der Waals surface area contributed by atoms with E-state index in [1.807, 2.05) is 0 Å². The van der Waals surface area contributed by atoms with E-state index in [9.17, 15) is 9.18 Å². The zero-order valence-corrected chi connectivity index (χ0v) is 16.8. The highest BCUT2D eigenvalue weighted by Gasteiger charge is 2.25. The van der Waals surface area contributed by atoms with Gasteiger partial charge in [-0.2, -0.15) is 0 Å². The zero-order chi connectivity index (χ0) is 16.9. The van der Waals surface area contributed by atoms with E-state index in [4.69, 9.17) is 0 Å². The summed E-state index contributed by atoms with van der Waals surface area (Å²) in [5.41, 5.74) is 1.12. The summed E-state index contributed by atoms with van der Waals surface area (Å²) in [7, 11) is 0. The van der Waals surface area contributed by atoms with Gasteiger partial charge < -0.3 is 15.5 Å². The van der Waals surface area contributed by atoms with E-state index in [1.165, 1.54) is 12.5 Å². The lowest BCUT2D eigenvalue weighted by molar-refractivity contribution is -0.116. The molecule has 26 heavy (non-hydrogen) atoms. The summed E-state index contributed by atoms with van der Waals surface area (Å²) in [6, 6.07) is 5.49. The Balaban J connectivity index is 0.00000169. The van der Waals surface area contributed by atoms with Gasteiger partial charge in [0.1, 0.15) is 5.82 Å². The molecule has 1 aromatic rings. The Kier molecular flexibility index (Phi) is 9.82. The second-order valence-corrected chi connectivity index (χ2v) is 6.79. The molecule has 0 saturated carbocycles. The molecular weight excluding hydrogens is 378 g/mol. The van der Waals surface area contributed by atoms with E-state index in [1.54, 1.807) is 19.1 Å². The minimum absolute atomic E-state index is 0. The standard InChI is InChI=1S/C18H27FN4O.2ClH/c1-14-2-3-15(12-17(14)19)21-18(24)5-7-22-8-10-23(11-9-22)16-4-6-20-13-16;;/h2-3,12,16,20H,4-11,13H2,1H3,(H,21,24);2*1H. The molecule has 3 rings (SSSR count). The van der Waals surface area contributed by atoms with E-state index in [-0.39, 0.29) is 36.5 Å². The number of anilines is 1. The predicted octanol–water partition coefficient (Wildman–Crippen LogP) is 2.29. The van der Waals surface area contributed by atoms with Gasteiger partial charge in [0, 0.05) is 57.4 Å². The Hall–Kier alpha value is -0.920. The molecule has 1 atom stereocenters. The van der Waals surface area contributed by atoms with E-state index < -0.39 is 0 Å². The highest BCUT2D eigenvalue weighted by atomic mass is 35.5. The minimum Gasteiger partial charge on any atom is -0.326 e. The van der Waals surface area contributed by atoms with Crippen molar-refractivity contribution >= 4 is 36.4 Å². The van der Waals surface area contributed by atoms with E-state index in [2.05, 4.69) is 20.4 Å². The first-order valence-electron chi connectivity index (χ1n) is 8.85. The third-order valence-corrected chi connectivity index (χ3v) is 5.07. The number of nitrogens with zero attached hydrogens (tertiary/aromatic N) is 2. The van der Waals surface area contributed by atoms with Crippen LogP contribution in [0.15, 0.2) is 18.2 Å². The third-order valence-electron chi connectivity index (χ3n) is 5.07. The number of aryl methyl sites for hydroxylation is 1. The molecule has 0 radical (unpaired) electrons. The van der Waals surface area contributed by atoms with Gasteiger partial charge in [-0.3, -0.25) is 9.69 Å². The number of carbonyl (C=O) groups is 1. The largest absolute Gasteiger partial charge is 0.326 e. The summed E-state index contributed by atoms with van der Waals surface area (Å²) in [6.07, 6.45) is 1.69. The smallest absolute Gasteiger partial charge is 0.225 e. The Morgan fingerprint density at radius 2 is 2.00 bits per heavy atom. The molecule has 1 aromatic carbocycles. The molecule has 2 aliphatic heterocycles. The Morgan fingerprint density at radius 3 is 2.62 bits per heavy atom. The fraction of sp³-hybridized carbons (Fsp3) is 0.611. The van der Waals surface area contributed by atoms with Crippen molar-refractivity contribution in [1.82, 2.24) is 15.1 Å². The molecule has 148 valence electrons. The number of nitrogens with one attached hydrogen (secondary N) is 2. The van der Waals surface area contributed by atoms with E-state index in [0.29, 0.717) is 23.7 Å². The highest BCUT2D eigenvalue weighted by Crippen LogP contribution is 2.15. The van der Waals surface area contributed by atoms with Gasteiger partial charge in [0.05, 0.1) is 0 Å². The van der Waals surface area contributed by atoms with E-state index >= 15 is 0 Å². The van der Waals surface area contributed by atoms with Crippen LogP contribution >= 0.6 is 24.8 Å². The third kappa shape index (κ3) is 6.35. The summed E-state index contributed by atoms with van der Waals surface area (Å²) in [5.74, 6) is -0.342. The lowest BCUT2D eigenvalue weighted by atomic mass is 10.2. The van der Waals surface area contributed by atoms with Gasteiger partial charge in [-0.25, -0.2) is 4.39 Å². The molecule has 1 amide bonds. The molecule has 2 saturated heterocycles. The van der Waals surface area contributed by atoms with Gasteiger partial charge >= 0.3 is 0 Å². The first-order valence-corrected chi connectivity index (χ1v) is 8.85. The van der Waals surface area contributed by atoms with Crippen molar-refractivity contribution in [3.8, 4) is 0 Å². The Labute approximate surface area is 167 Å². The number of hydrogen-bond acceptors (Lipinski definition) is 4. The highest BCUT2D eigenvalue weighted by molar-refractivity contribution is 5.90. The number of hydrogen-bond donors (Lipinski definition) is 2. The summed E-state index contributed by atoms with van der Waals surface area (Å²) < 4.78 is 13.5. The number of rotatable bonds is 5. The monoisotopic (exact) mass is 406 g/mol. The van der Waals surface area contributed by atoms with Crippen LogP contribution in [0.1, 0.15) is 18.4 Å². The summed E-state index contributed by atoms with van der Waals surface area (Å²) >= 11 is 0. The van der Waals surface area contributed by atoms with Crippen molar-refractivity contribution in [2.45, 2.75) is 25.8 Å². The van der Waals surface area contributed by atoms with E-state index in [0.717, 1.165) is 45.8 Å². The van der Waals surface area contributed by atoms with Gasteiger partial charge in [0.25, 0.3) is 0 Å². The fourth-order valence-corrected chi connectivity index (χ4v) is 3.46. The van der Waals surface area contributed by atoms with Crippen molar-refractivity contribution in [3.05, 3.63) is 29.6 Å². The first kappa shape index (κ1) is 23.1. The Morgan fingerprint density at radius 1 is 1.27 bits per heavy atom. The predicted molar refractivity (Wildman–Crippen MR) is 108 cm³/mol. The molecule has 2 heterocycles. The number of amides is 1. The number of halogens is 3. The molecule has 2 N–H and O–H groups in total. The van der Waals surface area contributed by atoms with Crippen LogP contribution in [-0.4, -0.2) is 67.6 Å². The molecule has 0 aliphatic carbocycles. The SMILES string of the molecule is Cc1ccc(NC(=O)CCN2CCN(C3CCNC3)CC2)cc1F.Cl.Cl. The van der Waals surface area contributed by atoms with Crippen LogP contribution in [0.4, 0.5) is 10.1 Å². The second-order valence-electron chi connectivity index (χ2n) is 6.79. The maximum Gasteiger partial charge on any atom is 0.225 e. The first-order chi connectivity index (χ1) is 11.6. The van der Waals surface area contributed by atoms with Gasteiger partial charge in [-0.15, -0.1) is 24.8 Å². The molecular formula is C18H29Cl2FN4O. The molecule has 0 bridgehead atoms. The van der Waals surface area contributed by atoms with Crippen LogP contribution in [0.2, 0.25) is 0 Å². The maximum absolute atomic E-state index is 13.5. The average Bonchev–Trinajstić information content (AvgIpc) is 3.11. The van der Waals surface area contributed by atoms with Gasteiger partial charge in [0.15, 0.2) is 0 Å². The number of benzene rings is 1. The molecule has 0 aromatic heterocycles. The Bertz CT molecular complexity index is 576. The maximum atomic E-state index is 13.5. The van der Waals surface area contributed by atoms with Crippen molar-refractivity contribution in [2.24, 2.45) is 0 Å². The summed E-state index contributed by atoms with van der Waals surface area (Å²) in [6.45, 7) is 8.90. The molecule has 2 aliphatic rings. The summed E-state index contributed by atoms with van der Waals surface area (Å²) in [4.78, 5) is 16.9. The van der Waals surface area contributed by atoms with Crippen molar-refractivity contribution in [3.63, 3.8) is 0 Å². The van der Waals surface area contributed by atoms with Gasteiger partial charge in [-0.05, 0) is 37.6 Å². The number of piperazine rings is 1. The summed E-state index contributed by atoms with van der Waals surface area (Å²) in [5, 5.41) is 6.20. The van der Waals surface area contributed by atoms with Crippen molar-refractivity contribution in [2.75, 3.05) is 51.1 Å².